The molecule has 1 aliphatic rings. The standard InChI is InChI=1S/C18H27NO3/c1-14(16-7-4-8-17(11-16)22-3)10-18(20)19-9-5-6-15(12-19)13-21-2/h4,7-8,11,14-15H,5-6,9-10,12-13H2,1-3H3/t14-,15-/m0/s1. The van der Waals surface area contributed by atoms with E-state index in [9.17, 15) is 4.79 Å². The second-order valence-electron chi connectivity index (χ2n) is 6.19. The molecule has 1 amide bonds. The first-order valence-corrected chi connectivity index (χ1v) is 8.04. The van der Waals surface area contributed by atoms with E-state index < -0.39 is 0 Å². The van der Waals surface area contributed by atoms with E-state index >= 15 is 0 Å². The summed E-state index contributed by atoms with van der Waals surface area (Å²) in [5.74, 6) is 1.77. The van der Waals surface area contributed by atoms with Gasteiger partial charge in [0.1, 0.15) is 5.75 Å². The number of rotatable bonds is 6. The summed E-state index contributed by atoms with van der Waals surface area (Å²) in [4.78, 5) is 14.5. The first-order valence-electron chi connectivity index (χ1n) is 8.04. The monoisotopic (exact) mass is 305 g/mol. The minimum atomic E-state index is 0.199. The molecule has 1 saturated heterocycles. The lowest BCUT2D eigenvalue weighted by molar-refractivity contribution is -0.133. The van der Waals surface area contributed by atoms with Gasteiger partial charge < -0.3 is 14.4 Å². The Kier molecular flexibility index (Phi) is 6.25. The largest absolute Gasteiger partial charge is 0.497 e. The molecule has 0 aromatic heterocycles. The number of ether oxygens (including phenoxy) is 2. The van der Waals surface area contributed by atoms with Crippen LogP contribution in [0, 0.1) is 5.92 Å². The molecule has 0 bridgehead atoms. The molecule has 4 heteroatoms. The SMILES string of the molecule is COC[C@H]1CCCN(C(=O)C[C@H](C)c2cccc(OC)c2)C1. The number of carbonyl (C=O) groups is 1. The van der Waals surface area contributed by atoms with E-state index in [4.69, 9.17) is 9.47 Å². The Balaban J connectivity index is 1.92. The minimum absolute atomic E-state index is 0.199. The maximum Gasteiger partial charge on any atom is 0.223 e. The zero-order valence-corrected chi connectivity index (χ0v) is 13.9. The fourth-order valence-corrected chi connectivity index (χ4v) is 3.12. The van der Waals surface area contributed by atoms with Crippen molar-refractivity contribution in [2.45, 2.75) is 32.1 Å². The predicted octanol–water partition coefficient (Wildman–Crippen LogP) is 3.07. The highest BCUT2D eigenvalue weighted by atomic mass is 16.5. The quantitative estimate of drug-likeness (QED) is 0.811. The Morgan fingerprint density at radius 2 is 2.23 bits per heavy atom. The van der Waals surface area contributed by atoms with E-state index in [-0.39, 0.29) is 11.8 Å². The molecule has 0 aliphatic carbocycles. The molecule has 0 spiro atoms. The molecule has 2 rings (SSSR count). The molecule has 0 unspecified atom stereocenters. The number of amides is 1. The Labute approximate surface area is 133 Å². The fourth-order valence-electron chi connectivity index (χ4n) is 3.12. The van der Waals surface area contributed by atoms with E-state index in [0.29, 0.717) is 12.3 Å². The fraction of sp³-hybridized carbons (Fsp3) is 0.611. The van der Waals surface area contributed by atoms with Gasteiger partial charge in [-0.3, -0.25) is 4.79 Å². The molecule has 0 radical (unpaired) electrons. The zero-order chi connectivity index (χ0) is 15.9. The molecule has 2 atom stereocenters. The van der Waals surface area contributed by atoms with Gasteiger partial charge in [0, 0.05) is 26.6 Å². The van der Waals surface area contributed by atoms with Crippen LogP contribution >= 0.6 is 0 Å². The van der Waals surface area contributed by atoms with Crippen molar-refractivity contribution in [1.82, 2.24) is 4.90 Å². The molecule has 22 heavy (non-hydrogen) atoms. The second kappa shape index (κ2) is 8.18. The van der Waals surface area contributed by atoms with E-state index in [1.165, 1.54) is 0 Å². The first-order chi connectivity index (χ1) is 10.6. The highest BCUT2D eigenvalue weighted by Gasteiger charge is 2.24. The number of hydrogen-bond donors (Lipinski definition) is 0. The maximum absolute atomic E-state index is 12.5. The summed E-state index contributed by atoms with van der Waals surface area (Å²) in [6.07, 6.45) is 2.78. The molecule has 4 nitrogen and oxygen atoms in total. The molecular weight excluding hydrogens is 278 g/mol. The molecule has 1 heterocycles. The van der Waals surface area contributed by atoms with Crippen LogP contribution in [0.2, 0.25) is 0 Å². The van der Waals surface area contributed by atoms with Crippen molar-refractivity contribution in [1.29, 1.82) is 0 Å². The summed E-state index contributed by atoms with van der Waals surface area (Å²) >= 11 is 0. The third-order valence-corrected chi connectivity index (χ3v) is 4.42. The van der Waals surface area contributed by atoms with Crippen LogP contribution in [-0.4, -0.2) is 44.7 Å². The minimum Gasteiger partial charge on any atom is -0.497 e. The average molecular weight is 305 g/mol. The van der Waals surface area contributed by atoms with Crippen LogP contribution in [0.25, 0.3) is 0 Å². The van der Waals surface area contributed by atoms with Gasteiger partial charge in [0.2, 0.25) is 5.91 Å². The maximum atomic E-state index is 12.5. The first kappa shape index (κ1) is 16.8. The molecule has 1 fully saturated rings. The molecule has 1 aromatic rings. The van der Waals surface area contributed by atoms with Crippen molar-refractivity contribution in [2.24, 2.45) is 5.92 Å². The van der Waals surface area contributed by atoms with Gasteiger partial charge in [0.25, 0.3) is 0 Å². The highest BCUT2D eigenvalue weighted by Crippen LogP contribution is 2.25. The van der Waals surface area contributed by atoms with Crippen LogP contribution in [0.4, 0.5) is 0 Å². The van der Waals surface area contributed by atoms with Gasteiger partial charge in [0.15, 0.2) is 0 Å². The van der Waals surface area contributed by atoms with E-state index in [0.717, 1.165) is 43.9 Å². The summed E-state index contributed by atoms with van der Waals surface area (Å²) in [6.45, 7) is 4.56. The number of benzene rings is 1. The van der Waals surface area contributed by atoms with Crippen LogP contribution < -0.4 is 4.74 Å². The van der Waals surface area contributed by atoms with Crippen molar-refractivity contribution in [3.05, 3.63) is 29.8 Å². The Morgan fingerprint density at radius 1 is 1.41 bits per heavy atom. The van der Waals surface area contributed by atoms with Crippen LogP contribution in [-0.2, 0) is 9.53 Å². The molecule has 122 valence electrons. The molecule has 0 saturated carbocycles. The molecule has 1 aromatic carbocycles. The van der Waals surface area contributed by atoms with E-state index in [1.807, 2.05) is 23.1 Å². The Hall–Kier alpha value is -1.55. The third kappa shape index (κ3) is 4.47. The lowest BCUT2D eigenvalue weighted by Crippen LogP contribution is -2.41. The lowest BCUT2D eigenvalue weighted by Gasteiger charge is -2.33. The summed E-state index contributed by atoms with van der Waals surface area (Å²) in [7, 11) is 3.39. The van der Waals surface area contributed by atoms with Gasteiger partial charge in [-0.25, -0.2) is 0 Å². The zero-order valence-electron chi connectivity index (χ0n) is 13.9. The van der Waals surface area contributed by atoms with E-state index in [2.05, 4.69) is 13.0 Å². The van der Waals surface area contributed by atoms with Gasteiger partial charge >= 0.3 is 0 Å². The number of nitrogens with zero attached hydrogens (tertiary/aromatic N) is 1. The van der Waals surface area contributed by atoms with Gasteiger partial charge in [0.05, 0.1) is 13.7 Å². The average Bonchev–Trinajstić information content (AvgIpc) is 2.55. The molecule has 0 N–H and O–H groups in total. The van der Waals surface area contributed by atoms with Crippen molar-refractivity contribution < 1.29 is 14.3 Å². The summed E-state index contributed by atoms with van der Waals surface area (Å²) < 4.78 is 10.5. The third-order valence-electron chi connectivity index (χ3n) is 4.42. The van der Waals surface area contributed by atoms with Crippen LogP contribution in [0.5, 0.6) is 5.75 Å². The lowest BCUT2D eigenvalue weighted by atomic mass is 9.95. The molecule has 1 aliphatic heterocycles. The Bertz CT molecular complexity index is 487. The Morgan fingerprint density at radius 3 is 2.95 bits per heavy atom. The smallest absolute Gasteiger partial charge is 0.223 e. The second-order valence-corrected chi connectivity index (χ2v) is 6.19. The van der Waals surface area contributed by atoms with Gasteiger partial charge in [-0.15, -0.1) is 0 Å². The van der Waals surface area contributed by atoms with Crippen LogP contribution in [0.1, 0.15) is 37.7 Å². The summed E-state index contributed by atoms with van der Waals surface area (Å²) in [6, 6.07) is 7.98. The number of likely N-dealkylation sites (tertiary alicyclic amines) is 1. The van der Waals surface area contributed by atoms with Crippen LogP contribution in [0.15, 0.2) is 24.3 Å². The number of hydrogen-bond acceptors (Lipinski definition) is 3. The van der Waals surface area contributed by atoms with Gasteiger partial charge in [-0.05, 0) is 42.4 Å². The van der Waals surface area contributed by atoms with Gasteiger partial charge in [-0.1, -0.05) is 19.1 Å². The number of piperidine rings is 1. The van der Waals surface area contributed by atoms with Crippen molar-refractivity contribution in [3.8, 4) is 5.75 Å². The number of methoxy groups -OCH3 is 2. The van der Waals surface area contributed by atoms with Gasteiger partial charge in [-0.2, -0.15) is 0 Å². The van der Waals surface area contributed by atoms with Crippen molar-refractivity contribution >= 4 is 5.91 Å². The topological polar surface area (TPSA) is 38.8 Å². The summed E-state index contributed by atoms with van der Waals surface area (Å²) in [5.41, 5.74) is 1.15. The normalized spacial score (nSPS) is 19.8. The van der Waals surface area contributed by atoms with Crippen molar-refractivity contribution in [3.63, 3.8) is 0 Å². The number of carbonyl (C=O) groups excluding carboxylic acids is 1. The van der Waals surface area contributed by atoms with Crippen LogP contribution in [0.3, 0.4) is 0 Å². The van der Waals surface area contributed by atoms with E-state index in [1.54, 1.807) is 14.2 Å². The van der Waals surface area contributed by atoms with Crippen molar-refractivity contribution in [2.75, 3.05) is 33.9 Å². The summed E-state index contributed by atoms with van der Waals surface area (Å²) in [5, 5.41) is 0. The molecular formula is C18H27NO3. The predicted molar refractivity (Wildman–Crippen MR) is 87.2 cm³/mol. The highest BCUT2D eigenvalue weighted by molar-refractivity contribution is 5.77.